The van der Waals surface area contributed by atoms with Crippen LogP contribution in [0.2, 0.25) is 0 Å². The molecule has 1 aliphatic rings. The predicted octanol–water partition coefficient (Wildman–Crippen LogP) is 3.07. The first-order valence-corrected chi connectivity index (χ1v) is 7.61. The lowest BCUT2D eigenvalue weighted by molar-refractivity contribution is 0.100. The number of rotatable bonds is 4. The van der Waals surface area contributed by atoms with E-state index in [2.05, 4.69) is 10.6 Å². The molecule has 0 radical (unpaired) electrons. The molecule has 4 nitrogen and oxygen atoms in total. The Bertz CT molecular complexity index is 746. The van der Waals surface area contributed by atoms with Crippen molar-refractivity contribution in [1.82, 2.24) is 4.57 Å². The van der Waals surface area contributed by atoms with Crippen LogP contribution in [0.15, 0.2) is 30.3 Å². The van der Waals surface area contributed by atoms with Gasteiger partial charge in [0.25, 0.3) is 0 Å². The molecule has 1 aromatic carbocycles. The summed E-state index contributed by atoms with van der Waals surface area (Å²) in [6.45, 7) is 1.99. The van der Waals surface area contributed by atoms with Gasteiger partial charge in [0, 0.05) is 22.6 Å². The molecule has 22 heavy (non-hydrogen) atoms. The van der Waals surface area contributed by atoms with Gasteiger partial charge in [0.2, 0.25) is 0 Å². The average molecular weight is 293 g/mol. The fourth-order valence-electron chi connectivity index (χ4n) is 3.06. The van der Waals surface area contributed by atoms with E-state index < -0.39 is 0 Å². The van der Waals surface area contributed by atoms with E-state index in [0.29, 0.717) is 17.0 Å². The zero-order chi connectivity index (χ0) is 15.7. The summed E-state index contributed by atoms with van der Waals surface area (Å²) in [5.74, 6) is 0.485. The van der Waals surface area contributed by atoms with Gasteiger partial charge >= 0.3 is 0 Å². The lowest BCUT2D eigenvalue weighted by Crippen LogP contribution is -2.14. The van der Waals surface area contributed by atoms with Gasteiger partial charge in [-0.25, -0.2) is 0 Å². The van der Waals surface area contributed by atoms with Crippen LogP contribution >= 0.6 is 0 Å². The van der Waals surface area contributed by atoms with Crippen molar-refractivity contribution in [3.63, 3.8) is 0 Å². The summed E-state index contributed by atoms with van der Waals surface area (Å²) in [5.41, 5.74) is 10.0. The van der Waals surface area contributed by atoms with E-state index >= 15 is 0 Å². The van der Waals surface area contributed by atoms with Gasteiger partial charge in [-0.3, -0.25) is 4.79 Å². The van der Waals surface area contributed by atoms with Crippen LogP contribution in [0.25, 0.3) is 5.69 Å². The standard InChI is InChI=1S/C18H19N3O/c1-12-16(18(22)11-20)9-17(14-3-2-4-14)21(12)15-7-5-13(10-19)6-8-15/h5-9,14H,2-4,11,20H2,1H3. The number of carbonyl (C=O) groups excluding carboxylic acids is 1. The molecule has 4 heteroatoms. The number of hydrogen-bond acceptors (Lipinski definition) is 3. The molecule has 0 saturated heterocycles. The highest BCUT2D eigenvalue weighted by atomic mass is 16.1. The number of nitrogens with zero attached hydrogens (tertiary/aromatic N) is 2. The average Bonchev–Trinajstić information content (AvgIpc) is 2.82. The van der Waals surface area contributed by atoms with Crippen molar-refractivity contribution in [2.45, 2.75) is 32.1 Å². The summed E-state index contributed by atoms with van der Waals surface area (Å²) in [6, 6.07) is 11.6. The van der Waals surface area contributed by atoms with Gasteiger partial charge in [-0.15, -0.1) is 0 Å². The minimum absolute atomic E-state index is 0.0227. The normalized spacial score (nSPS) is 14.4. The van der Waals surface area contributed by atoms with Gasteiger partial charge in [-0.1, -0.05) is 6.42 Å². The highest BCUT2D eigenvalue weighted by Gasteiger charge is 2.27. The van der Waals surface area contributed by atoms with Gasteiger partial charge in [0.15, 0.2) is 5.78 Å². The minimum atomic E-state index is -0.0227. The van der Waals surface area contributed by atoms with Crippen LogP contribution in [0, 0.1) is 18.3 Å². The summed E-state index contributed by atoms with van der Waals surface area (Å²) in [4.78, 5) is 12.1. The maximum Gasteiger partial charge on any atom is 0.178 e. The molecular formula is C18H19N3O. The summed E-state index contributed by atoms with van der Waals surface area (Å²) >= 11 is 0. The van der Waals surface area contributed by atoms with Crippen molar-refractivity contribution < 1.29 is 4.79 Å². The Kier molecular flexibility index (Phi) is 3.82. The van der Waals surface area contributed by atoms with Crippen LogP contribution in [0.5, 0.6) is 0 Å². The molecule has 1 saturated carbocycles. The second kappa shape index (κ2) is 5.78. The molecule has 3 rings (SSSR count). The largest absolute Gasteiger partial charge is 0.324 e. The molecule has 2 aromatic rings. The summed E-state index contributed by atoms with van der Waals surface area (Å²) in [5, 5.41) is 8.94. The Morgan fingerprint density at radius 2 is 2.05 bits per heavy atom. The van der Waals surface area contributed by atoms with Gasteiger partial charge in [-0.05, 0) is 56.0 Å². The van der Waals surface area contributed by atoms with Crippen LogP contribution < -0.4 is 5.73 Å². The summed E-state index contributed by atoms with van der Waals surface area (Å²) in [6.07, 6.45) is 3.56. The first kappa shape index (κ1) is 14.6. The highest BCUT2D eigenvalue weighted by Crippen LogP contribution is 2.39. The van der Waals surface area contributed by atoms with Crippen LogP contribution in [0.4, 0.5) is 0 Å². The van der Waals surface area contributed by atoms with E-state index in [1.807, 2.05) is 37.3 Å². The molecule has 0 aliphatic heterocycles. The Morgan fingerprint density at radius 3 is 2.55 bits per heavy atom. The molecule has 1 heterocycles. The summed E-state index contributed by atoms with van der Waals surface area (Å²) < 4.78 is 2.15. The van der Waals surface area contributed by atoms with E-state index in [-0.39, 0.29) is 12.3 Å². The number of nitriles is 1. The van der Waals surface area contributed by atoms with E-state index in [1.54, 1.807) is 0 Å². The lowest BCUT2D eigenvalue weighted by atomic mass is 9.82. The van der Waals surface area contributed by atoms with Gasteiger partial charge in [0.05, 0.1) is 18.2 Å². The lowest BCUT2D eigenvalue weighted by Gasteiger charge is -2.27. The third kappa shape index (κ3) is 2.34. The molecule has 0 amide bonds. The molecule has 0 unspecified atom stereocenters. The fourth-order valence-corrected chi connectivity index (χ4v) is 3.06. The molecule has 0 bridgehead atoms. The maximum absolute atomic E-state index is 12.1. The number of nitrogens with two attached hydrogens (primary N) is 1. The van der Waals surface area contributed by atoms with Gasteiger partial charge < -0.3 is 10.3 Å². The molecule has 0 atom stereocenters. The first-order valence-electron chi connectivity index (χ1n) is 7.61. The van der Waals surface area contributed by atoms with Crippen molar-refractivity contribution in [3.05, 3.63) is 52.8 Å². The fraction of sp³-hybridized carbons (Fsp3) is 0.333. The van der Waals surface area contributed by atoms with Crippen LogP contribution in [-0.2, 0) is 0 Å². The zero-order valence-corrected chi connectivity index (χ0v) is 12.7. The highest BCUT2D eigenvalue weighted by molar-refractivity contribution is 5.99. The zero-order valence-electron chi connectivity index (χ0n) is 12.7. The smallest absolute Gasteiger partial charge is 0.178 e. The second-order valence-corrected chi connectivity index (χ2v) is 5.82. The van der Waals surface area contributed by atoms with Crippen molar-refractivity contribution in [2.24, 2.45) is 5.73 Å². The SMILES string of the molecule is Cc1c(C(=O)CN)cc(C2CCC2)n1-c1ccc(C#N)cc1. The van der Waals surface area contributed by atoms with Crippen LogP contribution in [-0.4, -0.2) is 16.9 Å². The third-order valence-electron chi connectivity index (χ3n) is 4.54. The van der Waals surface area contributed by atoms with E-state index in [1.165, 1.54) is 12.1 Å². The molecule has 0 spiro atoms. The van der Waals surface area contributed by atoms with Crippen LogP contribution in [0.3, 0.4) is 0 Å². The second-order valence-electron chi connectivity index (χ2n) is 5.82. The molecule has 1 aromatic heterocycles. The number of aromatic nitrogens is 1. The van der Waals surface area contributed by atoms with E-state index in [4.69, 9.17) is 11.0 Å². The Labute approximate surface area is 130 Å². The molecule has 2 N–H and O–H groups in total. The Hall–Kier alpha value is -2.38. The van der Waals surface area contributed by atoms with E-state index in [0.717, 1.165) is 24.2 Å². The van der Waals surface area contributed by atoms with Crippen molar-refractivity contribution in [2.75, 3.05) is 6.54 Å². The monoisotopic (exact) mass is 293 g/mol. The molecule has 1 aliphatic carbocycles. The quantitative estimate of drug-likeness (QED) is 0.881. The summed E-state index contributed by atoms with van der Waals surface area (Å²) in [7, 11) is 0. The topological polar surface area (TPSA) is 71.8 Å². The van der Waals surface area contributed by atoms with Crippen LogP contribution in [0.1, 0.15) is 52.5 Å². The maximum atomic E-state index is 12.1. The number of ketones is 1. The number of Topliss-reactive ketones (excluding diaryl/α,β-unsaturated/α-hetero) is 1. The van der Waals surface area contributed by atoms with E-state index in [9.17, 15) is 4.79 Å². The molecule has 112 valence electrons. The van der Waals surface area contributed by atoms with Crippen molar-refractivity contribution >= 4 is 5.78 Å². The predicted molar refractivity (Wildman–Crippen MR) is 85.2 cm³/mol. The van der Waals surface area contributed by atoms with Gasteiger partial charge in [0.1, 0.15) is 0 Å². The van der Waals surface area contributed by atoms with Gasteiger partial charge in [-0.2, -0.15) is 5.26 Å². The number of hydrogen-bond donors (Lipinski definition) is 1. The molecular weight excluding hydrogens is 274 g/mol. The Balaban J connectivity index is 2.13. The third-order valence-corrected chi connectivity index (χ3v) is 4.54. The number of benzene rings is 1. The first-order chi connectivity index (χ1) is 10.7. The number of carbonyl (C=O) groups is 1. The Morgan fingerprint density at radius 1 is 1.36 bits per heavy atom. The molecule has 1 fully saturated rings. The van der Waals surface area contributed by atoms with Crippen molar-refractivity contribution in [1.29, 1.82) is 5.26 Å². The van der Waals surface area contributed by atoms with Crippen molar-refractivity contribution in [3.8, 4) is 11.8 Å². The minimum Gasteiger partial charge on any atom is -0.324 e.